The summed E-state index contributed by atoms with van der Waals surface area (Å²) in [6.45, 7) is 0. The summed E-state index contributed by atoms with van der Waals surface area (Å²) in [7, 11) is 0. The van der Waals surface area contributed by atoms with Gasteiger partial charge in [0.15, 0.2) is 0 Å². The molecule has 2 amide bonds. The van der Waals surface area contributed by atoms with Crippen molar-refractivity contribution in [2.45, 2.75) is 17.8 Å². The van der Waals surface area contributed by atoms with E-state index in [1.165, 1.54) is 6.07 Å². The van der Waals surface area contributed by atoms with Crippen LogP contribution in [0.3, 0.4) is 0 Å². The van der Waals surface area contributed by atoms with Gasteiger partial charge >= 0.3 is 12.1 Å². The fourth-order valence-electron chi connectivity index (χ4n) is 2.00. The molecule has 0 aromatic heterocycles. The standard InChI is InChI=1S/C13H10F3NO4S/c14-13(15,16)7-2-1-3-8(4-7)17-10(18)5-9(12(17)21)22-6-11(19)20/h1-4,9H,5-6H2,(H,19,20). The van der Waals surface area contributed by atoms with Crippen LogP contribution >= 0.6 is 11.8 Å². The van der Waals surface area contributed by atoms with E-state index < -0.39 is 34.8 Å². The summed E-state index contributed by atoms with van der Waals surface area (Å²) in [5, 5.41) is 7.69. The lowest BCUT2D eigenvalue weighted by Gasteiger charge is -2.16. The van der Waals surface area contributed by atoms with Gasteiger partial charge in [0, 0.05) is 6.42 Å². The number of imide groups is 1. The molecular formula is C13H10F3NO4S. The van der Waals surface area contributed by atoms with Crippen LogP contribution in [0.1, 0.15) is 12.0 Å². The van der Waals surface area contributed by atoms with Gasteiger partial charge in [-0.05, 0) is 18.2 Å². The molecule has 1 unspecified atom stereocenters. The summed E-state index contributed by atoms with van der Waals surface area (Å²) in [4.78, 5) is 35.1. The number of hydrogen-bond donors (Lipinski definition) is 1. The molecule has 0 saturated carbocycles. The van der Waals surface area contributed by atoms with Gasteiger partial charge in [0.05, 0.1) is 22.3 Å². The first-order valence-electron chi connectivity index (χ1n) is 6.07. The molecule has 118 valence electrons. The van der Waals surface area contributed by atoms with E-state index in [2.05, 4.69) is 0 Å². The molecule has 0 aliphatic carbocycles. The molecule has 1 saturated heterocycles. The Hall–Kier alpha value is -2.03. The van der Waals surface area contributed by atoms with Crippen molar-refractivity contribution in [3.05, 3.63) is 29.8 Å². The Labute approximate surface area is 127 Å². The number of alkyl halides is 3. The summed E-state index contributed by atoms with van der Waals surface area (Å²) < 4.78 is 38.0. The van der Waals surface area contributed by atoms with Gasteiger partial charge < -0.3 is 5.11 Å². The Morgan fingerprint density at radius 1 is 1.36 bits per heavy atom. The molecule has 1 aromatic rings. The molecule has 0 spiro atoms. The van der Waals surface area contributed by atoms with Gasteiger partial charge in [-0.3, -0.25) is 14.4 Å². The summed E-state index contributed by atoms with van der Waals surface area (Å²) in [6, 6.07) is 3.90. The predicted octanol–water partition coefficient (Wildman–Crippen LogP) is 2.16. The molecule has 1 aromatic carbocycles. The smallest absolute Gasteiger partial charge is 0.416 e. The SMILES string of the molecule is O=C(O)CSC1CC(=O)N(c2cccc(C(F)(F)F)c2)C1=O. The number of thioether (sulfide) groups is 1. The highest BCUT2D eigenvalue weighted by molar-refractivity contribution is 8.01. The highest BCUT2D eigenvalue weighted by Crippen LogP contribution is 2.34. The maximum Gasteiger partial charge on any atom is 0.416 e. The fraction of sp³-hybridized carbons (Fsp3) is 0.308. The first-order chi connectivity index (χ1) is 10.2. The minimum Gasteiger partial charge on any atom is -0.481 e. The molecule has 1 aliphatic heterocycles. The number of carbonyl (C=O) groups excluding carboxylic acids is 2. The summed E-state index contributed by atoms with van der Waals surface area (Å²) in [6.07, 6.45) is -4.81. The predicted molar refractivity (Wildman–Crippen MR) is 72.4 cm³/mol. The minimum atomic E-state index is -4.58. The number of hydrogen-bond acceptors (Lipinski definition) is 4. The Bertz CT molecular complexity index is 632. The Morgan fingerprint density at radius 3 is 2.64 bits per heavy atom. The third-order valence-electron chi connectivity index (χ3n) is 2.94. The van der Waals surface area contributed by atoms with Gasteiger partial charge in [0.1, 0.15) is 0 Å². The first-order valence-corrected chi connectivity index (χ1v) is 7.12. The van der Waals surface area contributed by atoms with Crippen molar-refractivity contribution < 1.29 is 32.7 Å². The number of nitrogens with zero attached hydrogens (tertiary/aromatic N) is 1. The number of carbonyl (C=O) groups is 3. The van der Waals surface area contributed by atoms with Gasteiger partial charge in [-0.2, -0.15) is 13.2 Å². The van der Waals surface area contributed by atoms with Crippen LogP contribution in [-0.2, 0) is 20.6 Å². The summed E-state index contributed by atoms with van der Waals surface area (Å²) in [5.74, 6) is -2.84. The lowest BCUT2D eigenvalue weighted by atomic mass is 10.2. The lowest BCUT2D eigenvalue weighted by molar-refractivity contribution is -0.137. The Morgan fingerprint density at radius 2 is 2.05 bits per heavy atom. The zero-order chi connectivity index (χ0) is 16.5. The summed E-state index contributed by atoms with van der Waals surface area (Å²) in [5.41, 5.74) is -1.13. The number of anilines is 1. The third-order valence-corrected chi connectivity index (χ3v) is 4.13. The molecule has 5 nitrogen and oxygen atoms in total. The molecule has 1 aliphatic rings. The van der Waals surface area contributed by atoms with Crippen LogP contribution in [0.25, 0.3) is 0 Å². The van der Waals surface area contributed by atoms with E-state index in [0.717, 1.165) is 30.0 Å². The van der Waals surface area contributed by atoms with E-state index in [1.54, 1.807) is 0 Å². The second kappa shape index (κ2) is 5.99. The third kappa shape index (κ3) is 3.41. The average Bonchev–Trinajstić information content (AvgIpc) is 2.70. The number of rotatable bonds is 4. The number of aliphatic carboxylic acids is 1. The van der Waals surface area contributed by atoms with Crippen molar-refractivity contribution in [2.75, 3.05) is 10.7 Å². The maximum atomic E-state index is 12.7. The number of halogens is 3. The van der Waals surface area contributed by atoms with Crippen LogP contribution in [0.4, 0.5) is 18.9 Å². The second-order valence-electron chi connectivity index (χ2n) is 4.51. The van der Waals surface area contributed by atoms with Crippen LogP contribution in [0, 0.1) is 0 Å². The van der Waals surface area contributed by atoms with Crippen molar-refractivity contribution in [2.24, 2.45) is 0 Å². The quantitative estimate of drug-likeness (QED) is 0.855. The Balaban J connectivity index is 2.24. The molecule has 9 heteroatoms. The minimum absolute atomic E-state index is 0.164. The zero-order valence-electron chi connectivity index (χ0n) is 11.0. The second-order valence-corrected chi connectivity index (χ2v) is 5.70. The number of carboxylic acids is 1. The lowest BCUT2D eigenvalue weighted by Crippen LogP contribution is -2.31. The molecule has 1 heterocycles. The largest absolute Gasteiger partial charge is 0.481 e. The molecule has 0 bridgehead atoms. The summed E-state index contributed by atoms with van der Waals surface area (Å²) >= 11 is 0.778. The van der Waals surface area contributed by atoms with Crippen molar-refractivity contribution in [1.82, 2.24) is 0 Å². The van der Waals surface area contributed by atoms with E-state index in [1.807, 2.05) is 0 Å². The van der Waals surface area contributed by atoms with Gasteiger partial charge in [0.25, 0.3) is 0 Å². The van der Waals surface area contributed by atoms with Crippen molar-refractivity contribution in [3.8, 4) is 0 Å². The molecule has 1 N–H and O–H groups in total. The molecule has 22 heavy (non-hydrogen) atoms. The van der Waals surface area contributed by atoms with Crippen LogP contribution in [0.15, 0.2) is 24.3 Å². The van der Waals surface area contributed by atoms with Gasteiger partial charge in [0.2, 0.25) is 11.8 Å². The van der Waals surface area contributed by atoms with Crippen molar-refractivity contribution >= 4 is 35.2 Å². The van der Waals surface area contributed by atoms with Crippen LogP contribution in [0.2, 0.25) is 0 Å². The molecule has 0 radical (unpaired) electrons. The van der Waals surface area contributed by atoms with E-state index in [9.17, 15) is 27.6 Å². The van der Waals surface area contributed by atoms with Gasteiger partial charge in [-0.1, -0.05) is 6.07 Å². The topological polar surface area (TPSA) is 74.7 Å². The molecule has 1 fully saturated rings. The van der Waals surface area contributed by atoms with Crippen molar-refractivity contribution in [3.63, 3.8) is 0 Å². The molecule has 1 atom stereocenters. The van der Waals surface area contributed by atoms with E-state index in [4.69, 9.17) is 5.11 Å². The zero-order valence-corrected chi connectivity index (χ0v) is 11.8. The van der Waals surface area contributed by atoms with E-state index in [-0.39, 0.29) is 17.9 Å². The number of carboxylic acid groups (broad SMARTS) is 1. The van der Waals surface area contributed by atoms with E-state index in [0.29, 0.717) is 4.90 Å². The van der Waals surface area contributed by atoms with Gasteiger partial charge in [-0.15, -0.1) is 11.8 Å². The fourth-order valence-corrected chi connectivity index (χ4v) is 2.85. The highest BCUT2D eigenvalue weighted by Gasteiger charge is 2.41. The number of benzene rings is 1. The van der Waals surface area contributed by atoms with Crippen LogP contribution in [-0.4, -0.2) is 33.9 Å². The normalized spacial score (nSPS) is 18.9. The van der Waals surface area contributed by atoms with E-state index >= 15 is 0 Å². The van der Waals surface area contributed by atoms with Crippen LogP contribution in [0.5, 0.6) is 0 Å². The van der Waals surface area contributed by atoms with Gasteiger partial charge in [-0.25, -0.2) is 4.90 Å². The maximum absolute atomic E-state index is 12.7. The number of amides is 2. The van der Waals surface area contributed by atoms with Crippen LogP contribution < -0.4 is 4.90 Å². The molecular weight excluding hydrogens is 323 g/mol. The Kier molecular flexibility index (Phi) is 4.45. The highest BCUT2D eigenvalue weighted by atomic mass is 32.2. The van der Waals surface area contributed by atoms with Crippen molar-refractivity contribution in [1.29, 1.82) is 0 Å². The first kappa shape index (κ1) is 16.3. The average molecular weight is 333 g/mol. The monoisotopic (exact) mass is 333 g/mol. The molecule has 2 rings (SSSR count).